The Labute approximate surface area is 156 Å². The second-order valence-electron chi connectivity index (χ2n) is 9.27. The zero-order valence-corrected chi connectivity index (χ0v) is 16.4. The number of hydrogen-bond acceptors (Lipinski definition) is 3. The number of nitriles is 1. The third-order valence-corrected chi connectivity index (χ3v) is 7.37. The summed E-state index contributed by atoms with van der Waals surface area (Å²) in [5.41, 5.74) is 3.39. The molecule has 26 heavy (non-hydrogen) atoms. The molecule has 1 fully saturated rings. The van der Waals surface area contributed by atoms with Gasteiger partial charge in [-0.2, -0.15) is 10.4 Å². The van der Waals surface area contributed by atoms with Gasteiger partial charge in [0.15, 0.2) is 5.78 Å². The summed E-state index contributed by atoms with van der Waals surface area (Å²) in [5.74, 6) is 0.804. The van der Waals surface area contributed by atoms with Gasteiger partial charge in [-0.05, 0) is 37.2 Å². The third kappa shape index (κ3) is 2.25. The van der Waals surface area contributed by atoms with Crippen LogP contribution in [0.4, 0.5) is 0 Å². The van der Waals surface area contributed by atoms with E-state index in [4.69, 9.17) is 5.10 Å². The van der Waals surface area contributed by atoms with E-state index < -0.39 is 5.41 Å². The zero-order chi connectivity index (χ0) is 18.7. The molecule has 0 bridgehead atoms. The van der Waals surface area contributed by atoms with Crippen LogP contribution in [0.25, 0.3) is 0 Å². The van der Waals surface area contributed by atoms with E-state index >= 15 is 0 Å². The molecule has 4 nitrogen and oxygen atoms in total. The monoisotopic (exact) mass is 351 g/mol. The molecule has 0 aliphatic heterocycles. The summed E-state index contributed by atoms with van der Waals surface area (Å²) in [4.78, 5) is 12.8. The van der Waals surface area contributed by atoms with Gasteiger partial charge in [0.1, 0.15) is 6.07 Å². The average Bonchev–Trinajstić information content (AvgIpc) is 2.96. The standard InChI is InChI=1S/C22H29N3O/c1-21(2)17-11-10-16-18(14-8-6-5-7-9-14)25(4)24-19(16)22(17,3)12-15(13-23)20(21)26/h12,14,17H,5-11H2,1-4H3. The Morgan fingerprint density at radius 2 is 1.88 bits per heavy atom. The van der Waals surface area contributed by atoms with E-state index in [1.54, 1.807) is 0 Å². The quantitative estimate of drug-likeness (QED) is 0.756. The predicted octanol–water partition coefficient (Wildman–Crippen LogP) is 4.35. The van der Waals surface area contributed by atoms with Gasteiger partial charge >= 0.3 is 0 Å². The molecule has 0 saturated heterocycles. The first-order chi connectivity index (χ1) is 12.3. The SMILES string of the molecule is Cn1nc2c(c1C1CCCCC1)CCC1C(C)(C)C(=O)C(C#N)=CC21C. The molecule has 1 aromatic heterocycles. The fraction of sp³-hybridized carbons (Fsp3) is 0.682. The molecule has 3 aliphatic carbocycles. The molecule has 0 aromatic carbocycles. The first-order valence-corrected chi connectivity index (χ1v) is 10.0. The predicted molar refractivity (Wildman–Crippen MR) is 101 cm³/mol. The van der Waals surface area contributed by atoms with Crippen LogP contribution < -0.4 is 0 Å². The van der Waals surface area contributed by atoms with Gasteiger partial charge in [-0.1, -0.05) is 46.1 Å². The Bertz CT molecular complexity index is 832. The molecule has 0 radical (unpaired) electrons. The van der Waals surface area contributed by atoms with E-state index in [-0.39, 0.29) is 17.1 Å². The van der Waals surface area contributed by atoms with Gasteiger partial charge in [-0.15, -0.1) is 0 Å². The maximum absolute atomic E-state index is 12.8. The number of nitrogens with zero attached hydrogens (tertiary/aromatic N) is 3. The molecule has 1 aromatic rings. The van der Waals surface area contributed by atoms with E-state index in [9.17, 15) is 10.1 Å². The van der Waals surface area contributed by atoms with Gasteiger partial charge in [-0.3, -0.25) is 9.48 Å². The fourth-order valence-corrected chi connectivity index (χ4v) is 6.13. The number of carbonyl (C=O) groups is 1. The minimum absolute atomic E-state index is 0.00522. The minimum atomic E-state index is -0.519. The summed E-state index contributed by atoms with van der Waals surface area (Å²) in [6.45, 7) is 6.22. The summed E-state index contributed by atoms with van der Waals surface area (Å²) in [5, 5.41) is 14.5. The number of rotatable bonds is 1. The van der Waals surface area contributed by atoms with Crippen molar-refractivity contribution in [1.82, 2.24) is 9.78 Å². The Kier molecular flexibility index (Phi) is 3.91. The molecule has 2 atom stereocenters. The van der Waals surface area contributed by atoms with Crippen molar-refractivity contribution < 1.29 is 4.79 Å². The van der Waals surface area contributed by atoms with Crippen LogP contribution in [-0.4, -0.2) is 15.6 Å². The molecule has 4 heteroatoms. The van der Waals surface area contributed by atoms with Crippen molar-refractivity contribution in [3.05, 3.63) is 28.6 Å². The summed E-state index contributed by atoms with van der Waals surface area (Å²) in [6, 6.07) is 2.16. The summed E-state index contributed by atoms with van der Waals surface area (Å²) in [6.07, 6.45) is 10.4. The van der Waals surface area contributed by atoms with Crippen molar-refractivity contribution in [2.75, 3.05) is 0 Å². The third-order valence-electron chi connectivity index (χ3n) is 7.37. The normalized spacial score (nSPS) is 31.0. The number of fused-ring (bicyclic) bond motifs is 3. The number of ketones is 1. The maximum Gasteiger partial charge on any atom is 0.178 e. The van der Waals surface area contributed by atoms with Crippen LogP contribution in [0.3, 0.4) is 0 Å². The van der Waals surface area contributed by atoms with Crippen molar-refractivity contribution in [3.63, 3.8) is 0 Å². The molecule has 1 saturated carbocycles. The Hall–Kier alpha value is -1.89. The highest BCUT2D eigenvalue weighted by Gasteiger charge is 2.55. The van der Waals surface area contributed by atoms with E-state index in [2.05, 4.69) is 24.7 Å². The Balaban J connectivity index is 1.88. The summed E-state index contributed by atoms with van der Waals surface area (Å²) < 4.78 is 2.11. The van der Waals surface area contributed by atoms with E-state index in [1.165, 1.54) is 43.4 Å². The number of hydrogen-bond donors (Lipinski definition) is 0. The number of Topliss-reactive ketones (excluding diaryl/α,β-unsaturated/α-hetero) is 1. The fourth-order valence-electron chi connectivity index (χ4n) is 6.13. The van der Waals surface area contributed by atoms with Crippen molar-refractivity contribution in [3.8, 4) is 6.07 Å². The second kappa shape index (κ2) is 5.81. The number of aromatic nitrogens is 2. The molecule has 0 N–H and O–H groups in total. The van der Waals surface area contributed by atoms with Crippen LogP contribution in [0.5, 0.6) is 0 Å². The van der Waals surface area contributed by atoms with Crippen LogP contribution in [0.1, 0.15) is 82.2 Å². The van der Waals surface area contributed by atoms with Crippen LogP contribution in [0.2, 0.25) is 0 Å². The number of allylic oxidation sites excluding steroid dienone is 2. The number of aryl methyl sites for hydroxylation is 1. The highest BCUT2D eigenvalue weighted by Crippen LogP contribution is 2.55. The number of carbonyl (C=O) groups excluding carboxylic acids is 1. The molecule has 0 spiro atoms. The van der Waals surface area contributed by atoms with E-state index in [0.717, 1.165) is 18.5 Å². The van der Waals surface area contributed by atoms with Gasteiger partial charge in [-0.25, -0.2) is 0 Å². The van der Waals surface area contributed by atoms with Crippen LogP contribution >= 0.6 is 0 Å². The summed E-state index contributed by atoms with van der Waals surface area (Å²) in [7, 11) is 2.08. The van der Waals surface area contributed by atoms with Gasteiger partial charge < -0.3 is 0 Å². The lowest BCUT2D eigenvalue weighted by molar-refractivity contribution is -0.128. The Morgan fingerprint density at radius 3 is 2.54 bits per heavy atom. The van der Waals surface area contributed by atoms with Gasteiger partial charge in [0.05, 0.1) is 11.3 Å². The lowest BCUT2D eigenvalue weighted by atomic mass is 9.52. The van der Waals surface area contributed by atoms with Crippen molar-refractivity contribution in [2.24, 2.45) is 18.4 Å². The van der Waals surface area contributed by atoms with Crippen LogP contribution in [-0.2, 0) is 23.7 Å². The van der Waals surface area contributed by atoms with Crippen LogP contribution in [0, 0.1) is 22.7 Å². The van der Waals surface area contributed by atoms with Gasteiger partial charge in [0.2, 0.25) is 0 Å². The van der Waals surface area contributed by atoms with Crippen LogP contribution in [0.15, 0.2) is 11.6 Å². The first kappa shape index (κ1) is 17.5. The molecule has 3 aliphatic rings. The molecular weight excluding hydrogens is 322 g/mol. The molecule has 4 rings (SSSR count). The highest BCUT2D eigenvalue weighted by molar-refractivity contribution is 6.04. The van der Waals surface area contributed by atoms with Crippen molar-refractivity contribution in [2.45, 2.75) is 77.0 Å². The van der Waals surface area contributed by atoms with E-state index in [0.29, 0.717) is 11.5 Å². The largest absolute Gasteiger partial charge is 0.293 e. The van der Waals surface area contributed by atoms with E-state index in [1.807, 2.05) is 19.9 Å². The zero-order valence-electron chi connectivity index (χ0n) is 16.4. The average molecular weight is 351 g/mol. The molecule has 2 unspecified atom stereocenters. The molecule has 1 heterocycles. The lowest BCUT2D eigenvalue weighted by Gasteiger charge is -2.49. The summed E-state index contributed by atoms with van der Waals surface area (Å²) >= 11 is 0. The minimum Gasteiger partial charge on any atom is -0.293 e. The maximum atomic E-state index is 12.8. The van der Waals surface area contributed by atoms with Crippen molar-refractivity contribution >= 4 is 5.78 Å². The smallest absolute Gasteiger partial charge is 0.178 e. The lowest BCUT2D eigenvalue weighted by Crippen LogP contribution is -2.51. The van der Waals surface area contributed by atoms with Gasteiger partial charge in [0, 0.05) is 29.5 Å². The highest BCUT2D eigenvalue weighted by atomic mass is 16.1. The van der Waals surface area contributed by atoms with Gasteiger partial charge in [0.25, 0.3) is 0 Å². The molecule has 0 amide bonds. The topological polar surface area (TPSA) is 58.7 Å². The first-order valence-electron chi connectivity index (χ1n) is 10.0. The second-order valence-corrected chi connectivity index (χ2v) is 9.27. The molecule has 138 valence electrons. The Morgan fingerprint density at radius 1 is 1.19 bits per heavy atom. The molecular formula is C22H29N3O. The van der Waals surface area contributed by atoms with Crippen molar-refractivity contribution in [1.29, 1.82) is 5.26 Å².